The molecule has 0 spiro atoms. The Morgan fingerprint density at radius 3 is 2.39 bits per heavy atom. The lowest BCUT2D eigenvalue weighted by Crippen LogP contribution is -2.51. The van der Waals surface area contributed by atoms with E-state index < -0.39 is 0 Å². The molecule has 3 nitrogen and oxygen atoms in total. The van der Waals surface area contributed by atoms with Crippen molar-refractivity contribution in [1.29, 1.82) is 0 Å². The van der Waals surface area contributed by atoms with E-state index >= 15 is 0 Å². The summed E-state index contributed by atoms with van der Waals surface area (Å²) in [7, 11) is 2.24. The first-order chi connectivity index (χ1) is 8.47. The van der Waals surface area contributed by atoms with E-state index in [4.69, 9.17) is 0 Å². The summed E-state index contributed by atoms with van der Waals surface area (Å²) in [5, 5.41) is 13.1. The number of aliphatic hydroxyl groups excluding tert-OH is 1. The predicted molar refractivity (Wildman–Crippen MR) is 77.9 cm³/mol. The molecule has 18 heavy (non-hydrogen) atoms. The second kappa shape index (κ2) is 7.46. The Bertz CT molecular complexity index is 227. The summed E-state index contributed by atoms with van der Waals surface area (Å²) in [6, 6.07) is 1.18. The molecule has 0 radical (unpaired) electrons. The highest BCUT2D eigenvalue weighted by atomic mass is 16.3. The zero-order valence-electron chi connectivity index (χ0n) is 12.7. The van der Waals surface area contributed by atoms with Gasteiger partial charge in [0.2, 0.25) is 0 Å². The largest absolute Gasteiger partial charge is 0.394 e. The molecule has 0 aromatic heterocycles. The van der Waals surface area contributed by atoms with Crippen LogP contribution < -0.4 is 5.32 Å². The molecule has 0 aromatic rings. The number of hydrogen-bond donors (Lipinski definition) is 2. The van der Waals surface area contributed by atoms with Gasteiger partial charge in [-0.3, -0.25) is 0 Å². The highest BCUT2D eigenvalue weighted by Crippen LogP contribution is 2.22. The number of hydrogen-bond acceptors (Lipinski definition) is 3. The molecule has 108 valence electrons. The number of nitrogens with one attached hydrogen (secondary N) is 1. The van der Waals surface area contributed by atoms with Gasteiger partial charge in [0.05, 0.1) is 6.61 Å². The third kappa shape index (κ3) is 5.25. The van der Waals surface area contributed by atoms with Gasteiger partial charge in [-0.25, -0.2) is 0 Å². The van der Waals surface area contributed by atoms with E-state index in [-0.39, 0.29) is 12.1 Å². The topological polar surface area (TPSA) is 35.5 Å². The molecule has 0 saturated heterocycles. The second-order valence-electron chi connectivity index (χ2n) is 6.54. The summed E-state index contributed by atoms with van der Waals surface area (Å²) in [5.74, 6) is 0. The van der Waals surface area contributed by atoms with Gasteiger partial charge in [-0.2, -0.15) is 0 Å². The second-order valence-corrected chi connectivity index (χ2v) is 6.54. The van der Waals surface area contributed by atoms with E-state index in [1.807, 2.05) is 0 Å². The van der Waals surface area contributed by atoms with Crippen molar-refractivity contribution in [2.75, 3.05) is 20.2 Å². The lowest BCUT2D eigenvalue weighted by molar-refractivity contribution is 0.124. The highest BCUT2D eigenvalue weighted by molar-refractivity contribution is 4.86. The first-order valence-electron chi connectivity index (χ1n) is 7.55. The minimum absolute atomic E-state index is 0.142. The average Bonchev–Trinajstić information content (AvgIpc) is 2.36. The molecule has 1 atom stereocenters. The average molecular weight is 256 g/mol. The van der Waals surface area contributed by atoms with Crippen LogP contribution in [0.3, 0.4) is 0 Å². The van der Waals surface area contributed by atoms with Crippen LogP contribution in [-0.2, 0) is 0 Å². The maximum absolute atomic E-state index is 9.58. The molecule has 2 N–H and O–H groups in total. The van der Waals surface area contributed by atoms with Crippen molar-refractivity contribution in [3.05, 3.63) is 0 Å². The summed E-state index contributed by atoms with van der Waals surface area (Å²) in [6.45, 7) is 7.68. The van der Waals surface area contributed by atoms with Gasteiger partial charge >= 0.3 is 0 Å². The third-order valence-electron chi connectivity index (χ3n) is 4.20. The van der Waals surface area contributed by atoms with Crippen molar-refractivity contribution in [2.45, 2.75) is 76.9 Å². The molecular formula is C15H32N2O. The molecule has 1 unspecified atom stereocenters. The van der Waals surface area contributed by atoms with Gasteiger partial charge in [0.1, 0.15) is 0 Å². The van der Waals surface area contributed by atoms with E-state index in [1.54, 1.807) is 0 Å². The first-order valence-corrected chi connectivity index (χ1v) is 7.55. The van der Waals surface area contributed by atoms with Crippen LogP contribution in [0.4, 0.5) is 0 Å². The molecule has 0 aliphatic heterocycles. The van der Waals surface area contributed by atoms with Crippen molar-refractivity contribution < 1.29 is 5.11 Å². The summed E-state index contributed by atoms with van der Waals surface area (Å²) in [6.07, 6.45) is 7.89. The first kappa shape index (κ1) is 15.9. The van der Waals surface area contributed by atoms with Gasteiger partial charge in [-0.15, -0.1) is 0 Å². The van der Waals surface area contributed by atoms with E-state index in [1.165, 1.54) is 32.1 Å². The van der Waals surface area contributed by atoms with Crippen molar-refractivity contribution in [3.8, 4) is 0 Å². The van der Waals surface area contributed by atoms with Gasteiger partial charge in [0.25, 0.3) is 0 Å². The van der Waals surface area contributed by atoms with Gasteiger partial charge in [0.15, 0.2) is 0 Å². The predicted octanol–water partition coefficient (Wildman–Crippen LogP) is 2.39. The standard InChI is InChI=1S/C15H32N2O/c1-13(2)16-15(3,12-18)10-11-17(4)14-8-6-5-7-9-14/h13-14,16,18H,5-12H2,1-4H3. The zero-order valence-corrected chi connectivity index (χ0v) is 12.7. The van der Waals surface area contributed by atoms with Crippen LogP contribution in [-0.4, -0.2) is 47.8 Å². The number of aliphatic hydroxyl groups is 1. The highest BCUT2D eigenvalue weighted by Gasteiger charge is 2.26. The van der Waals surface area contributed by atoms with E-state index in [0.717, 1.165) is 19.0 Å². The molecule has 0 aromatic carbocycles. The Morgan fingerprint density at radius 2 is 1.89 bits per heavy atom. The van der Waals surface area contributed by atoms with Crippen LogP contribution >= 0.6 is 0 Å². The summed E-state index contributed by atoms with van der Waals surface area (Å²) in [4.78, 5) is 2.50. The van der Waals surface area contributed by atoms with E-state index in [0.29, 0.717) is 6.04 Å². The number of nitrogens with zero attached hydrogens (tertiary/aromatic N) is 1. The zero-order chi connectivity index (χ0) is 13.6. The van der Waals surface area contributed by atoms with Gasteiger partial charge < -0.3 is 15.3 Å². The van der Waals surface area contributed by atoms with Crippen LogP contribution in [0.1, 0.15) is 59.3 Å². The van der Waals surface area contributed by atoms with E-state index in [9.17, 15) is 5.11 Å². The maximum atomic E-state index is 9.58. The minimum Gasteiger partial charge on any atom is -0.394 e. The molecule has 3 heteroatoms. The summed E-state index contributed by atoms with van der Waals surface area (Å²) in [5.41, 5.74) is -0.142. The van der Waals surface area contributed by atoms with Crippen molar-refractivity contribution in [3.63, 3.8) is 0 Å². The Morgan fingerprint density at radius 1 is 1.28 bits per heavy atom. The molecule has 1 rings (SSSR count). The fourth-order valence-electron chi connectivity index (χ4n) is 3.02. The summed E-state index contributed by atoms with van der Waals surface area (Å²) >= 11 is 0. The molecule has 0 bridgehead atoms. The Balaban J connectivity index is 2.36. The molecule has 1 saturated carbocycles. The lowest BCUT2D eigenvalue weighted by Gasteiger charge is -2.36. The van der Waals surface area contributed by atoms with Crippen molar-refractivity contribution >= 4 is 0 Å². The maximum Gasteiger partial charge on any atom is 0.0611 e. The molecule has 0 heterocycles. The summed E-state index contributed by atoms with van der Waals surface area (Å²) < 4.78 is 0. The normalized spacial score (nSPS) is 21.5. The van der Waals surface area contributed by atoms with Gasteiger partial charge in [-0.1, -0.05) is 33.1 Å². The minimum atomic E-state index is -0.142. The SMILES string of the molecule is CC(C)NC(C)(CO)CCN(C)C1CCCCC1. The molecule has 1 fully saturated rings. The lowest BCUT2D eigenvalue weighted by atomic mass is 9.93. The smallest absolute Gasteiger partial charge is 0.0611 e. The Hall–Kier alpha value is -0.120. The van der Waals surface area contributed by atoms with E-state index in [2.05, 4.69) is 38.0 Å². The van der Waals surface area contributed by atoms with Gasteiger partial charge in [0, 0.05) is 17.6 Å². The molecule has 1 aliphatic rings. The van der Waals surface area contributed by atoms with Crippen LogP contribution in [0.25, 0.3) is 0 Å². The fourth-order valence-corrected chi connectivity index (χ4v) is 3.02. The van der Waals surface area contributed by atoms with Crippen LogP contribution in [0.15, 0.2) is 0 Å². The number of rotatable bonds is 7. The monoisotopic (exact) mass is 256 g/mol. The molecule has 1 aliphatic carbocycles. The molecule has 0 amide bonds. The molecular weight excluding hydrogens is 224 g/mol. The van der Waals surface area contributed by atoms with Crippen molar-refractivity contribution in [1.82, 2.24) is 10.2 Å². The van der Waals surface area contributed by atoms with Gasteiger partial charge in [-0.05, 0) is 39.8 Å². The van der Waals surface area contributed by atoms with Crippen LogP contribution in [0.2, 0.25) is 0 Å². The quantitative estimate of drug-likeness (QED) is 0.734. The van der Waals surface area contributed by atoms with Crippen LogP contribution in [0, 0.1) is 0 Å². The fraction of sp³-hybridized carbons (Fsp3) is 1.00. The van der Waals surface area contributed by atoms with Crippen LogP contribution in [0.5, 0.6) is 0 Å². The Labute approximate surface area is 113 Å². The van der Waals surface area contributed by atoms with Crippen molar-refractivity contribution in [2.24, 2.45) is 0 Å². The Kier molecular flexibility index (Phi) is 6.61. The third-order valence-corrected chi connectivity index (χ3v) is 4.20.